The molecule has 1 fully saturated rings. The van der Waals surface area contributed by atoms with E-state index in [4.69, 9.17) is 5.11 Å². The molecule has 0 aromatic carbocycles. The number of cyclic esters (lactones) is 1. The van der Waals surface area contributed by atoms with Crippen LogP contribution >= 0.6 is 0 Å². The van der Waals surface area contributed by atoms with Gasteiger partial charge in [-0.2, -0.15) is 0 Å². The van der Waals surface area contributed by atoms with Crippen LogP contribution in [0.1, 0.15) is 13.3 Å². The molecule has 0 aliphatic carbocycles. The predicted octanol–water partition coefficient (Wildman–Crippen LogP) is 0.333. The zero-order valence-corrected chi connectivity index (χ0v) is 6.09. The molecule has 11 heavy (non-hydrogen) atoms. The first-order valence-corrected chi connectivity index (χ1v) is 3.10. The van der Waals surface area contributed by atoms with E-state index < -0.39 is 17.5 Å². The van der Waals surface area contributed by atoms with Crippen molar-refractivity contribution in [3.8, 4) is 0 Å². The van der Waals surface area contributed by atoms with E-state index in [9.17, 15) is 9.59 Å². The molecule has 1 rings (SSSR count). The van der Waals surface area contributed by atoms with E-state index in [1.54, 1.807) is 0 Å². The molecular weight excluding hydrogens is 148 g/mol. The summed E-state index contributed by atoms with van der Waals surface area (Å²) in [6.07, 6.45) is 0.0706. The molecule has 1 unspecified atom stereocenters. The van der Waals surface area contributed by atoms with E-state index >= 15 is 0 Å². The van der Waals surface area contributed by atoms with Gasteiger partial charge in [0.1, 0.15) is 0 Å². The standard InChI is InChI=1S/C7H8O4/c1-4-3-7(2,6(9)10)11-5(4)8/h1,3H2,2H3,(H,9,10). The molecule has 0 spiro atoms. The quantitative estimate of drug-likeness (QED) is 0.439. The number of hydrogen-bond donors (Lipinski definition) is 1. The third-order valence-corrected chi connectivity index (χ3v) is 1.61. The zero-order valence-electron chi connectivity index (χ0n) is 6.09. The largest absolute Gasteiger partial charge is 0.478 e. The number of carbonyl (C=O) groups excluding carboxylic acids is 1. The van der Waals surface area contributed by atoms with Crippen LogP contribution in [0, 0.1) is 0 Å². The van der Waals surface area contributed by atoms with Crippen LogP contribution in [0.5, 0.6) is 0 Å². The van der Waals surface area contributed by atoms with Crippen LogP contribution < -0.4 is 0 Å². The summed E-state index contributed by atoms with van der Waals surface area (Å²) < 4.78 is 4.58. The summed E-state index contributed by atoms with van der Waals surface area (Å²) in [7, 11) is 0. The Morgan fingerprint density at radius 3 is 2.55 bits per heavy atom. The summed E-state index contributed by atoms with van der Waals surface area (Å²) in [5.74, 6) is -1.75. The van der Waals surface area contributed by atoms with E-state index in [0.717, 1.165) is 0 Å². The molecule has 1 N–H and O–H groups in total. The lowest BCUT2D eigenvalue weighted by molar-refractivity contribution is -0.167. The second kappa shape index (κ2) is 2.08. The van der Waals surface area contributed by atoms with Crippen molar-refractivity contribution in [3.63, 3.8) is 0 Å². The van der Waals surface area contributed by atoms with Crippen molar-refractivity contribution in [2.24, 2.45) is 0 Å². The monoisotopic (exact) mass is 156 g/mol. The van der Waals surface area contributed by atoms with Crippen molar-refractivity contribution in [1.82, 2.24) is 0 Å². The first-order valence-electron chi connectivity index (χ1n) is 3.10. The second-order valence-electron chi connectivity index (χ2n) is 2.71. The maximum absolute atomic E-state index is 10.7. The Hall–Kier alpha value is -1.32. The van der Waals surface area contributed by atoms with Crippen LogP contribution in [0.25, 0.3) is 0 Å². The lowest BCUT2D eigenvalue weighted by atomic mass is 10.0. The van der Waals surface area contributed by atoms with E-state index in [1.807, 2.05) is 0 Å². The van der Waals surface area contributed by atoms with Crippen molar-refractivity contribution >= 4 is 11.9 Å². The Balaban J connectivity index is 2.88. The topological polar surface area (TPSA) is 63.6 Å². The molecule has 1 aliphatic rings. The van der Waals surface area contributed by atoms with Gasteiger partial charge in [0, 0.05) is 12.0 Å². The van der Waals surface area contributed by atoms with E-state index in [0.29, 0.717) is 0 Å². The van der Waals surface area contributed by atoms with Crippen LogP contribution in [0.15, 0.2) is 12.2 Å². The molecular formula is C7H8O4. The highest BCUT2D eigenvalue weighted by Gasteiger charge is 2.45. The van der Waals surface area contributed by atoms with Crippen LogP contribution in [-0.4, -0.2) is 22.6 Å². The zero-order chi connectivity index (χ0) is 8.65. The number of carboxylic acids is 1. The first-order chi connectivity index (χ1) is 4.96. The smallest absolute Gasteiger partial charge is 0.348 e. The molecule has 1 aliphatic heterocycles. The average Bonchev–Trinajstić information content (AvgIpc) is 2.09. The molecule has 0 aromatic rings. The number of rotatable bonds is 1. The van der Waals surface area contributed by atoms with Gasteiger partial charge in [0.15, 0.2) is 0 Å². The highest BCUT2D eigenvalue weighted by atomic mass is 16.6. The fourth-order valence-electron chi connectivity index (χ4n) is 0.911. The minimum atomic E-state index is -1.39. The molecule has 0 saturated carbocycles. The summed E-state index contributed by atoms with van der Waals surface area (Å²) in [6, 6.07) is 0. The van der Waals surface area contributed by atoms with Crippen molar-refractivity contribution in [2.45, 2.75) is 18.9 Å². The molecule has 1 atom stereocenters. The third-order valence-electron chi connectivity index (χ3n) is 1.61. The summed E-state index contributed by atoms with van der Waals surface area (Å²) in [5.41, 5.74) is -1.18. The Kier molecular flexibility index (Phi) is 1.47. The summed E-state index contributed by atoms with van der Waals surface area (Å²) in [6.45, 7) is 4.73. The highest BCUT2D eigenvalue weighted by Crippen LogP contribution is 2.29. The highest BCUT2D eigenvalue weighted by molar-refractivity contribution is 5.96. The minimum Gasteiger partial charge on any atom is -0.478 e. The number of aliphatic carboxylic acids is 1. The van der Waals surface area contributed by atoms with Gasteiger partial charge in [0.05, 0.1) is 0 Å². The van der Waals surface area contributed by atoms with Gasteiger partial charge in [0.2, 0.25) is 5.60 Å². The van der Waals surface area contributed by atoms with Gasteiger partial charge in [0.25, 0.3) is 0 Å². The molecule has 4 nitrogen and oxygen atoms in total. The number of esters is 1. The van der Waals surface area contributed by atoms with Crippen LogP contribution in [-0.2, 0) is 14.3 Å². The maximum Gasteiger partial charge on any atom is 0.348 e. The summed E-state index contributed by atoms with van der Waals surface area (Å²) in [4.78, 5) is 21.2. The fourth-order valence-corrected chi connectivity index (χ4v) is 0.911. The van der Waals surface area contributed by atoms with Gasteiger partial charge >= 0.3 is 11.9 Å². The van der Waals surface area contributed by atoms with Gasteiger partial charge in [-0.25, -0.2) is 9.59 Å². The van der Waals surface area contributed by atoms with Crippen molar-refractivity contribution in [2.75, 3.05) is 0 Å². The van der Waals surface area contributed by atoms with Gasteiger partial charge in [-0.3, -0.25) is 0 Å². The van der Waals surface area contributed by atoms with Crippen LogP contribution in [0.2, 0.25) is 0 Å². The Morgan fingerprint density at radius 2 is 2.36 bits per heavy atom. The fraction of sp³-hybridized carbons (Fsp3) is 0.429. The van der Waals surface area contributed by atoms with E-state index in [-0.39, 0.29) is 12.0 Å². The van der Waals surface area contributed by atoms with Gasteiger partial charge in [-0.05, 0) is 6.92 Å². The average molecular weight is 156 g/mol. The number of carbonyl (C=O) groups is 2. The molecule has 0 amide bonds. The normalized spacial score (nSPS) is 30.3. The lowest BCUT2D eigenvalue weighted by Gasteiger charge is -2.14. The minimum absolute atomic E-state index is 0.0706. The lowest BCUT2D eigenvalue weighted by Crippen LogP contribution is -2.34. The van der Waals surface area contributed by atoms with E-state index in [2.05, 4.69) is 11.3 Å². The predicted molar refractivity (Wildman–Crippen MR) is 35.9 cm³/mol. The molecule has 0 aromatic heterocycles. The van der Waals surface area contributed by atoms with Crippen molar-refractivity contribution in [1.29, 1.82) is 0 Å². The van der Waals surface area contributed by atoms with E-state index in [1.165, 1.54) is 6.92 Å². The van der Waals surface area contributed by atoms with Gasteiger partial charge < -0.3 is 9.84 Å². The maximum atomic E-state index is 10.7. The van der Waals surface area contributed by atoms with Crippen molar-refractivity contribution in [3.05, 3.63) is 12.2 Å². The van der Waals surface area contributed by atoms with Gasteiger partial charge in [-0.15, -0.1) is 0 Å². The second-order valence-corrected chi connectivity index (χ2v) is 2.71. The summed E-state index contributed by atoms with van der Waals surface area (Å²) >= 11 is 0. The Bertz CT molecular complexity index is 225. The molecule has 4 heteroatoms. The Morgan fingerprint density at radius 1 is 1.82 bits per heavy atom. The SMILES string of the molecule is C=C1CC(C)(C(=O)O)OC1=O. The van der Waals surface area contributed by atoms with Gasteiger partial charge in [-0.1, -0.05) is 6.58 Å². The number of ether oxygens (including phenoxy) is 1. The molecule has 1 heterocycles. The number of hydrogen-bond acceptors (Lipinski definition) is 3. The molecule has 0 bridgehead atoms. The van der Waals surface area contributed by atoms with Crippen molar-refractivity contribution < 1.29 is 19.4 Å². The van der Waals surface area contributed by atoms with Crippen LogP contribution in [0.4, 0.5) is 0 Å². The molecule has 60 valence electrons. The van der Waals surface area contributed by atoms with Crippen LogP contribution in [0.3, 0.4) is 0 Å². The molecule has 1 saturated heterocycles. The third kappa shape index (κ3) is 1.11. The number of carboxylic acid groups (broad SMARTS) is 1. The Labute approximate surface area is 63.5 Å². The first kappa shape index (κ1) is 7.78. The molecule has 0 radical (unpaired) electrons. The summed E-state index contributed by atoms with van der Waals surface area (Å²) in [5, 5.41) is 8.59.